The molecule has 0 amide bonds. The maximum absolute atomic E-state index is 11.3. The third-order valence-corrected chi connectivity index (χ3v) is 5.04. The van der Waals surface area contributed by atoms with Crippen molar-refractivity contribution in [1.29, 1.82) is 0 Å². The van der Waals surface area contributed by atoms with E-state index in [1.807, 2.05) is 0 Å². The van der Waals surface area contributed by atoms with Gasteiger partial charge in [-0.05, 0) is 25.3 Å². The third-order valence-electron chi connectivity index (χ3n) is 2.99. The first-order valence-electron chi connectivity index (χ1n) is 3.94. The molecule has 64 valence electrons. The van der Waals surface area contributed by atoms with Crippen molar-refractivity contribution in [1.82, 2.24) is 5.32 Å². The molecule has 3 fully saturated rings. The fraction of sp³-hybridized carbons (Fsp3) is 1.00. The van der Waals surface area contributed by atoms with Gasteiger partial charge in [0.1, 0.15) is 0 Å². The average Bonchev–Trinajstić information content (AvgIpc) is 1.85. The Labute approximate surface area is 67.1 Å². The Morgan fingerprint density at radius 1 is 1.45 bits per heavy atom. The minimum atomic E-state index is -2.82. The van der Waals surface area contributed by atoms with Crippen LogP contribution in [0.5, 0.6) is 0 Å². The number of piperidine rings is 2. The van der Waals surface area contributed by atoms with E-state index in [1.165, 1.54) is 6.26 Å². The van der Waals surface area contributed by atoms with Crippen molar-refractivity contribution < 1.29 is 8.42 Å². The quantitative estimate of drug-likeness (QED) is 0.599. The van der Waals surface area contributed by atoms with Gasteiger partial charge < -0.3 is 5.32 Å². The summed E-state index contributed by atoms with van der Waals surface area (Å²) in [6, 6.07) is 0. The second kappa shape index (κ2) is 1.98. The lowest BCUT2D eigenvalue weighted by Crippen LogP contribution is -2.63. The summed E-state index contributed by atoms with van der Waals surface area (Å²) in [7, 11) is -2.82. The summed E-state index contributed by atoms with van der Waals surface area (Å²) < 4.78 is 22.2. The molecule has 3 aliphatic rings. The van der Waals surface area contributed by atoms with Crippen LogP contribution in [0.25, 0.3) is 0 Å². The minimum absolute atomic E-state index is 0.379. The molecule has 0 aromatic heterocycles. The van der Waals surface area contributed by atoms with Crippen molar-refractivity contribution in [3.63, 3.8) is 0 Å². The highest BCUT2D eigenvalue weighted by Crippen LogP contribution is 2.45. The van der Waals surface area contributed by atoms with Gasteiger partial charge >= 0.3 is 0 Å². The van der Waals surface area contributed by atoms with E-state index >= 15 is 0 Å². The number of nitrogens with one attached hydrogen (secondary N) is 1. The summed E-state index contributed by atoms with van der Waals surface area (Å²) >= 11 is 0. The van der Waals surface area contributed by atoms with E-state index in [4.69, 9.17) is 0 Å². The third kappa shape index (κ3) is 0.924. The van der Waals surface area contributed by atoms with Crippen molar-refractivity contribution in [2.75, 3.05) is 19.3 Å². The topological polar surface area (TPSA) is 46.2 Å². The summed E-state index contributed by atoms with van der Waals surface area (Å²) in [5.41, 5.74) is 0. The predicted molar refractivity (Wildman–Crippen MR) is 43.2 cm³/mol. The molecule has 0 unspecified atom stereocenters. The van der Waals surface area contributed by atoms with Crippen LogP contribution in [0.2, 0.25) is 0 Å². The number of hydrogen-bond donors (Lipinski definition) is 1. The van der Waals surface area contributed by atoms with Gasteiger partial charge in [0.25, 0.3) is 0 Å². The maximum Gasteiger partial charge on any atom is 0.154 e. The average molecular weight is 175 g/mol. The second-order valence-electron chi connectivity index (χ2n) is 3.86. The lowest BCUT2D eigenvalue weighted by atomic mass is 9.71. The monoisotopic (exact) mass is 175 g/mol. The molecule has 3 nitrogen and oxygen atoms in total. The van der Waals surface area contributed by atoms with E-state index in [-0.39, 0.29) is 4.75 Å². The maximum atomic E-state index is 11.3. The number of rotatable bonds is 1. The van der Waals surface area contributed by atoms with Gasteiger partial charge in [-0.15, -0.1) is 0 Å². The van der Waals surface area contributed by atoms with E-state index in [9.17, 15) is 8.42 Å². The Morgan fingerprint density at radius 3 is 2.36 bits per heavy atom. The molecule has 1 aliphatic carbocycles. The molecule has 0 atom stereocenters. The molecule has 2 saturated heterocycles. The molecule has 0 aromatic rings. The SMILES string of the molecule is CS(=O)(=O)C12CNCC(C1)C2. The van der Waals surface area contributed by atoms with Gasteiger partial charge in [0.15, 0.2) is 9.84 Å². The highest BCUT2D eigenvalue weighted by molar-refractivity contribution is 7.92. The van der Waals surface area contributed by atoms with Gasteiger partial charge in [-0.25, -0.2) is 8.42 Å². The zero-order valence-electron chi connectivity index (χ0n) is 6.63. The van der Waals surface area contributed by atoms with Crippen LogP contribution in [0.1, 0.15) is 12.8 Å². The molecule has 2 heterocycles. The molecule has 1 saturated carbocycles. The summed E-state index contributed by atoms with van der Waals surface area (Å²) in [5.74, 6) is 0.624. The van der Waals surface area contributed by atoms with Crippen molar-refractivity contribution in [2.24, 2.45) is 5.92 Å². The molecule has 0 radical (unpaired) electrons. The Balaban J connectivity index is 2.26. The zero-order valence-corrected chi connectivity index (χ0v) is 7.45. The first kappa shape index (κ1) is 7.55. The van der Waals surface area contributed by atoms with Crippen LogP contribution in [0, 0.1) is 5.92 Å². The molecule has 1 N–H and O–H groups in total. The van der Waals surface area contributed by atoms with Crippen LogP contribution in [0.15, 0.2) is 0 Å². The molecular weight excluding hydrogens is 162 g/mol. The minimum Gasteiger partial charge on any atom is -0.315 e. The molecule has 0 aromatic carbocycles. The van der Waals surface area contributed by atoms with Crippen LogP contribution >= 0.6 is 0 Å². The first-order valence-corrected chi connectivity index (χ1v) is 5.83. The van der Waals surface area contributed by atoms with Crippen LogP contribution in [-0.2, 0) is 9.84 Å². The molecule has 3 rings (SSSR count). The Hall–Kier alpha value is -0.0900. The van der Waals surface area contributed by atoms with Gasteiger partial charge in [-0.2, -0.15) is 0 Å². The van der Waals surface area contributed by atoms with Crippen molar-refractivity contribution in [3.05, 3.63) is 0 Å². The van der Waals surface area contributed by atoms with Crippen LogP contribution in [0.4, 0.5) is 0 Å². The van der Waals surface area contributed by atoms with Crippen molar-refractivity contribution >= 4 is 9.84 Å². The lowest BCUT2D eigenvalue weighted by molar-refractivity contribution is 0.158. The Morgan fingerprint density at radius 2 is 2.09 bits per heavy atom. The Kier molecular flexibility index (Phi) is 1.36. The largest absolute Gasteiger partial charge is 0.315 e. The lowest BCUT2D eigenvalue weighted by Gasteiger charge is -2.51. The smallest absolute Gasteiger partial charge is 0.154 e. The van der Waals surface area contributed by atoms with Gasteiger partial charge in [-0.3, -0.25) is 0 Å². The molecular formula is C7H13NO2S. The fourth-order valence-electron chi connectivity index (χ4n) is 2.22. The van der Waals surface area contributed by atoms with E-state index in [0.717, 1.165) is 19.4 Å². The van der Waals surface area contributed by atoms with Crippen LogP contribution in [-0.4, -0.2) is 32.5 Å². The van der Waals surface area contributed by atoms with E-state index in [1.54, 1.807) is 0 Å². The number of hydrogen-bond acceptors (Lipinski definition) is 3. The summed E-state index contributed by atoms with van der Waals surface area (Å²) in [5, 5.41) is 3.15. The number of fused-ring (bicyclic) bond motifs is 2. The summed E-state index contributed by atoms with van der Waals surface area (Å²) in [6.45, 7) is 1.68. The predicted octanol–water partition coefficient (Wildman–Crippen LogP) is -0.217. The fourth-order valence-corrected chi connectivity index (χ4v) is 3.66. The van der Waals surface area contributed by atoms with E-state index in [2.05, 4.69) is 5.32 Å². The van der Waals surface area contributed by atoms with Gasteiger partial charge in [0.05, 0.1) is 4.75 Å². The summed E-state index contributed by atoms with van der Waals surface area (Å²) in [6.07, 6.45) is 3.13. The van der Waals surface area contributed by atoms with Gasteiger partial charge in [0, 0.05) is 12.8 Å². The molecule has 2 aliphatic heterocycles. The summed E-state index contributed by atoms with van der Waals surface area (Å²) in [4.78, 5) is 0. The molecule has 0 spiro atoms. The van der Waals surface area contributed by atoms with Crippen LogP contribution < -0.4 is 5.32 Å². The van der Waals surface area contributed by atoms with Crippen LogP contribution in [0.3, 0.4) is 0 Å². The Bertz CT molecular complexity index is 259. The first-order chi connectivity index (χ1) is 5.04. The zero-order chi connectivity index (χ0) is 8.11. The highest BCUT2D eigenvalue weighted by Gasteiger charge is 2.53. The van der Waals surface area contributed by atoms with E-state index in [0.29, 0.717) is 12.5 Å². The normalized spacial score (nSPS) is 43.2. The molecule has 11 heavy (non-hydrogen) atoms. The van der Waals surface area contributed by atoms with Gasteiger partial charge in [0.2, 0.25) is 0 Å². The standard InChI is InChI=1S/C7H13NO2S/c1-11(9,10)7-2-6(3-7)4-8-5-7/h6,8H,2-5H2,1H3. The molecule has 2 bridgehead atoms. The van der Waals surface area contributed by atoms with E-state index < -0.39 is 9.84 Å². The van der Waals surface area contributed by atoms with Crippen molar-refractivity contribution in [2.45, 2.75) is 17.6 Å². The van der Waals surface area contributed by atoms with Gasteiger partial charge in [-0.1, -0.05) is 0 Å². The highest BCUT2D eigenvalue weighted by atomic mass is 32.2. The van der Waals surface area contributed by atoms with Crippen molar-refractivity contribution in [3.8, 4) is 0 Å². The second-order valence-corrected chi connectivity index (χ2v) is 6.27. The number of sulfone groups is 1. The molecule has 4 heteroatoms.